The van der Waals surface area contributed by atoms with Crippen molar-refractivity contribution in [3.8, 4) is 0 Å². The minimum atomic E-state index is 0.358. The van der Waals surface area contributed by atoms with E-state index in [1.165, 1.54) is 153 Å². The van der Waals surface area contributed by atoms with Gasteiger partial charge in [0.25, 0.3) is 0 Å². The van der Waals surface area contributed by atoms with Crippen LogP contribution in [-0.4, -0.2) is 16.7 Å². The van der Waals surface area contributed by atoms with Gasteiger partial charge in [-0.25, -0.2) is 4.57 Å². The fourth-order valence-electron chi connectivity index (χ4n) is 5.30. The van der Waals surface area contributed by atoms with E-state index in [-0.39, 0.29) is 0 Å². The van der Waals surface area contributed by atoms with Gasteiger partial charge in [0.1, 0.15) is 6.54 Å². The van der Waals surface area contributed by atoms with E-state index in [0.29, 0.717) is 6.61 Å². The fourth-order valence-corrected chi connectivity index (χ4v) is 5.30. The summed E-state index contributed by atoms with van der Waals surface area (Å²) in [5.41, 5.74) is 2.89. The Morgan fingerprint density at radius 1 is 0.541 bits per heavy atom. The molecule has 2 aromatic rings. The highest BCUT2D eigenvalue weighted by Gasteiger charge is 2.03. The molecule has 0 aliphatic rings. The standard InChI is InChI=1S/C34H57N2O/c37-30-20-16-12-8-4-2-6-10-14-18-24-34-26-22-29-36(32-34)28-19-15-11-7-3-1-5-9-13-17-23-33-25-21-27-35-31-33/h21-22,25-27,29,31-32,37H,1-20,23-24,28,30H2/q+1. The average molecular weight is 510 g/mol. The Balaban J connectivity index is 1.35. The first kappa shape index (κ1) is 31.5. The third-order valence-corrected chi connectivity index (χ3v) is 7.65. The van der Waals surface area contributed by atoms with Crippen LogP contribution in [0.5, 0.6) is 0 Å². The van der Waals surface area contributed by atoms with E-state index in [2.05, 4.69) is 40.1 Å². The maximum absolute atomic E-state index is 8.81. The average Bonchev–Trinajstić information content (AvgIpc) is 2.93. The molecular weight excluding hydrogens is 452 g/mol. The number of rotatable bonds is 25. The number of aliphatic hydroxyl groups is 1. The normalized spacial score (nSPS) is 11.3. The van der Waals surface area contributed by atoms with Gasteiger partial charge in [0, 0.05) is 37.1 Å². The van der Waals surface area contributed by atoms with E-state index < -0.39 is 0 Å². The van der Waals surface area contributed by atoms with E-state index in [1.54, 1.807) is 0 Å². The molecule has 37 heavy (non-hydrogen) atoms. The fraction of sp³-hybridized carbons (Fsp3) is 0.706. The minimum absolute atomic E-state index is 0.358. The van der Waals surface area contributed by atoms with Crippen LogP contribution >= 0.6 is 0 Å². The van der Waals surface area contributed by atoms with E-state index >= 15 is 0 Å². The van der Waals surface area contributed by atoms with Gasteiger partial charge in [0.15, 0.2) is 12.4 Å². The van der Waals surface area contributed by atoms with E-state index in [4.69, 9.17) is 5.11 Å². The van der Waals surface area contributed by atoms with Gasteiger partial charge in [-0.3, -0.25) is 4.98 Å². The summed E-state index contributed by atoms with van der Waals surface area (Å²) in [5, 5.41) is 8.81. The van der Waals surface area contributed by atoms with Crippen molar-refractivity contribution in [1.29, 1.82) is 0 Å². The molecule has 2 rings (SSSR count). The Kier molecular flexibility index (Phi) is 19.9. The molecule has 0 bridgehead atoms. The van der Waals surface area contributed by atoms with Crippen molar-refractivity contribution in [2.75, 3.05) is 6.61 Å². The first-order chi connectivity index (χ1) is 18.4. The molecule has 1 N–H and O–H groups in total. The Morgan fingerprint density at radius 3 is 1.57 bits per heavy atom. The van der Waals surface area contributed by atoms with E-state index in [0.717, 1.165) is 6.42 Å². The molecule has 3 heteroatoms. The molecule has 0 radical (unpaired) electrons. The van der Waals surface area contributed by atoms with E-state index in [9.17, 15) is 0 Å². The molecule has 0 unspecified atom stereocenters. The van der Waals surface area contributed by atoms with E-state index in [1.807, 2.05) is 18.5 Å². The summed E-state index contributed by atoms with van der Waals surface area (Å²) in [7, 11) is 0. The molecule has 3 nitrogen and oxygen atoms in total. The van der Waals surface area contributed by atoms with Gasteiger partial charge >= 0.3 is 0 Å². The predicted octanol–water partition coefficient (Wildman–Crippen LogP) is 8.95. The molecule has 0 aromatic carbocycles. The van der Waals surface area contributed by atoms with Crippen LogP contribution in [0.25, 0.3) is 0 Å². The van der Waals surface area contributed by atoms with Crippen molar-refractivity contribution < 1.29 is 9.67 Å². The number of nitrogens with zero attached hydrogens (tertiary/aromatic N) is 2. The Bertz CT molecular complexity index is 748. The maximum atomic E-state index is 8.81. The molecule has 0 aliphatic heterocycles. The summed E-state index contributed by atoms with van der Waals surface area (Å²) in [6, 6.07) is 8.78. The lowest BCUT2D eigenvalue weighted by atomic mass is 10.0. The van der Waals surface area contributed by atoms with Crippen LogP contribution in [0.4, 0.5) is 0 Å². The summed E-state index contributed by atoms with van der Waals surface area (Å²) in [4.78, 5) is 4.20. The lowest BCUT2D eigenvalue weighted by Gasteiger charge is -2.04. The van der Waals surface area contributed by atoms with Crippen LogP contribution in [0.15, 0.2) is 49.1 Å². The zero-order valence-corrected chi connectivity index (χ0v) is 23.9. The molecule has 2 heterocycles. The van der Waals surface area contributed by atoms with Crippen LogP contribution in [-0.2, 0) is 19.4 Å². The van der Waals surface area contributed by atoms with Gasteiger partial charge in [-0.1, -0.05) is 102 Å². The number of aryl methyl sites for hydroxylation is 3. The lowest BCUT2D eigenvalue weighted by Crippen LogP contribution is -2.33. The molecule has 0 saturated heterocycles. The Morgan fingerprint density at radius 2 is 1.03 bits per heavy atom. The monoisotopic (exact) mass is 509 g/mol. The quantitative estimate of drug-likeness (QED) is 0.107. The van der Waals surface area contributed by atoms with Gasteiger partial charge in [-0.15, -0.1) is 0 Å². The smallest absolute Gasteiger partial charge is 0.171 e. The molecule has 0 fully saturated rings. The number of hydrogen-bond donors (Lipinski definition) is 1. The third-order valence-electron chi connectivity index (χ3n) is 7.65. The lowest BCUT2D eigenvalue weighted by molar-refractivity contribution is -0.697. The molecule has 208 valence electrons. The summed E-state index contributed by atoms with van der Waals surface area (Å²) in [6.07, 6.45) is 37.7. The number of aromatic nitrogens is 2. The first-order valence-electron chi connectivity index (χ1n) is 15.9. The maximum Gasteiger partial charge on any atom is 0.171 e. The Labute approximate surface area is 229 Å². The van der Waals surface area contributed by atoms with Gasteiger partial charge < -0.3 is 5.11 Å². The first-order valence-corrected chi connectivity index (χ1v) is 15.9. The molecule has 2 aromatic heterocycles. The van der Waals surface area contributed by atoms with Crippen LogP contribution < -0.4 is 4.57 Å². The molecule has 0 atom stereocenters. The second kappa shape index (κ2) is 23.4. The van der Waals surface area contributed by atoms with Gasteiger partial charge in [0.2, 0.25) is 0 Å². The largest absolute Gasteiger partial charge is 0.396 e. The van der Waals surface area contributed by atoms with Crippen LogP contribution in [0.2, 0.25) is 0 Å². The van der Waals surface area contributed by atoms with Crippen molar-refractivity contribution in [2.45, 2.75) is 148 Å². The summed E-state index contributed by atoms with van der Waals surface area (Å²) >= 11 is 0. The van der Waals surface area contributed by atoms with Crippen molar-refractivity contribution in [3.63, 3.8) is 0 Å². The van der Waals surface area contributed by atoms with Gasteiger partial charge in [-0.05, 0) is 56.2 Å². The summed E-state index contributed by atoms with van der Waals surface area (Å²) in [5.74, 6) is 0. The zero-order valence-electron chi connectivity index (χ0n) is 23.9. The second-order valence-electron chi connectivity index (χ2n) is 11.1. The van der Waals surface area contributed by atoms with Crippen molar-refractivity contribution in [2.24, 2.45) is 0 Å². The van der Waals surface area contributed by atoms with Crippen LogP contribution in [0.1, 0.15) is 140 Å². The zero-order chi connectivity index (χ0) is 26.1. The highest BCUT2D eigenvalue weighted by molar-refractivity contribution is 5.08. The van der Waals surface area contributed by atoms with Crippen LogP contribution in [0.3, 0.4) is 0 Å². The highest BCUT2D eigenvalue weighted by Crippen LogP contribution is 2.13. The third kappa shape index (κ3) is 18.2. The number of hydrogen-bond acceptors (Lipinski definition) is 2. The van der Waals surface area contributed by atoms with Crippen molar-refractivity contribution in [1.82, 2.24) is 4.98 Å². The molecule has 0 spiro atoms. The summed E-state index contributed by atoms with van der Waals surface area (Å²) in [6.45, 7) is 1.53. The van der Waals surface area contributed by atoms with Crippen LogP contribution in [0, 0.1) is 0 Å². The SMILES string of the molecule is OCCCCCCCCCCCCc1ccc[n+](CCCCCCCCCCCCc2cccnc2)c1. The van der Waals surface area contributed by atoms with Crippen molar-refractivity contribution >= 4 is 0 Å². The van der Waals surface area contributed by atoms with Crippen molar-refractivity contribution in [3.05, 3.63) is 60.2 Å². The number of aliphatic hydroxyl groups excluding tert-OH is 1. The topological polar surface area (TPSA) is 37.0 Å². The molecular formula is C34H57N2O+. The van der Waals surface area contributed by atoms with Gasteiger partial charge in [-0.2, -0.15) is 0 Å². The highest BCUT2D eigenvalue weighted by atomic mass is 16.2. The molecule has 0 amide bonds. The number of unbranched alkanes of at least 4 members (excludes halogenated alkanes) is 18. The second-order valence-corrected chi connectivity index (χ2v) is 11.1. The summed E-state index contributed by atoms with van der Waals surface area (Å²) < 4.78 is 2.41. The predicted molar refractivity (Wildman–Crippen MR) is 158 cm³/mol. The minimum Gasteiger partial charge on any atom is -0.396 e. The molecule has 0 aliphatic carbocycles. The Hall–Kier alpha value is -1.74. The number of pyridine rings is 2. The van der Waals surface area contributed by atoms with Gasteiger partial charge in [0.05, 0.1) is 0 Å². The molecule has 0 saturated carbocycles.